The Morgan fingerprint density at radius 2 is 1.55 bits per heavy atom. The van der Waals surface area contributed by atoms with E-state index in [1.165, 1.54) is 0 Å². The van der Waals surface area contributed by atoms with Gasteiger partial charge in [-0.25, -0.2) is 13.1 Å². The number of benzene rings is 2. The SMILES string of the molecule is CCS(=O)(=O)NCCc1ccc(C(=O)c2ccccc2)cc1. The Kier molecular flexibility index (Phi) is 5.46. The van der Waals surface area contributed by atoms with Crippen LogP contribution in [0.15, 0.2) is 54.6 Å². The molecule has 0 aromatic heterocycles. The lowest BCUT2D eigenvalue weighted by atomic mass is 10.0. The summed E-state index contributed by atoms with van der Waals surface area (Å²) >= 11 is 0. The van der Waals surface area contributed by atoms with E-state index in [1.807, 2.05) is 30.3 Å². The Labute approximate surface area is 131 Å². The van der Waals surface area contributed by atoms with E-state index in [0.717, 1.165) is 5.56 Å². The molecule has 2 rings (SSSR count). The lowest BCUT2D eigenvalue weighted by Crippen LogP contribution is -2.27. The van der Waals surface area contributed by atoms with Crippen LogP contribution in [0.25, 0.3) is 0 Å². The molecule has 0 fully saturated rings. The average molecular weight is 317 g/mol. The van der Waals surface area contributed by atoms with Crippen LogP contribution in [0.4, 0.5) is 0 Å². The Bertz CT molecular complexity index is 722. The van der Waals surface area contributed by atoms with Crippen LogP contribution in [0.2, 0.25) is 0 Å². The number of carbonyl (C=O) groups is 1. The molecule has 0 bridgehead atoms. The van der Waals surface area contributed by atoms with Crippen LogP contribution in [0, 0.1) is 0 Å². The van der Waals surface area contributed by atoms with Crippen LogP contribution in [0.1, 0.15) is 28.4 Å². The van der Waals surface area contributed by atoms with Crippen molar-refractivity contribution in [1.29, 1.82) is 0 Å². The van der Waals surface area contributed by atoms with Crippen LogP contribution in [0.3, 0.4) is 0 Å². The van der Waals surface area contributed by atoms with Gasteiger partial charge in [0.1, 0.15) is 0 Å². The molecule has 2 aromatic carbocycles. The molecule has 2 aromatic rings. The van der Waals surface area contributed by atoms with E-state index >= 15 is 0 Å². The molecule has 0 amide bonds. The van der Waals surface area contributed by atoms with Gasteiger partial charge in [-0.2, -0.15) is 0 Å². The van der Waals surface area contributed by atoms with E-state index in [-0.39, 0.29) is 11.5 Å². The fraction of sp³-hybridized carbons (Fsp3) is 0.235. The molecule has 0 unspecified atom stereocenters. The van der Waals surface area contributed by atoms with Crippen LogP contribution in [-0.4, -0.2) is 26.5 Å². The van der Waals surface area contributed by atoms with Crippen molar-refractivity contribution >= 4 is 15.8 Å². The zero-order chi connectivity index (χ0) is 16.0. The van der Waals surface area contributed by atoms with Gasteiger partial charge in [-0.1, -0.05) is 54.6 Å². The zero-order valence-corrected chi connectivity index (χ0v) is 13.3. The van der Waals surface area contributed by atoms with E-state index in [0.29, 0.717) is 24.1 Å². The maximum absolute atomic E-state index is 12.3. The number of nitrogens with one attached hydrogen (secondary N) is 1. The van der Waals surface area contributed by atoms with Crippen LogP contribution in [0.5, 0.6) is 0 Å². The van der Waals surface area contributed by atoms with E-state index in [1.54, 1.807) is 31.2 Å². The van der Waals surface area contributed by atoms with E-state index in [4.69, 9.17) is 0 Å². The zero-order valence-electron chi connectivity index (χ0n) is 12.5. The molecule has 0 atom stereocenters. The summed E-state index contributed by atoms with van der Waals surface area (Å²) in [7, 11) is -3.15. The Balaban J connectivity index is 1.97. The second kappa shape index (κ2) is 7.33. The van der Waals surface area contributed by atoms with Crippen LogP contribution in [-0.2, 0) is 16.4 Å². The first kappa shape index (κ1) is 16.4. The molecule has 116 valence electrons. The van der Waals surface area contributed by atoms with Gasteiger partial charge in [-0.05, 0) is 18.9 Å². The summed E-state index contributed by atoms with van der Waals surface area (Å²) in [5.41, 5.74) is 2.28. The van der Waals surface area contributed by atoms with Gasteiger partial charge >= 0.3 is 0 Å². The second-order valence-corrected chi connectivity index (χ2v) is 7.04. The third kappa shape index (κ3) is 4.51. The molecule has 1 N–H and O–H groups in total. The predicted octanol–water partition coefficient (Wildman–Crippen LogP) is 2.40. The van der Waals surface area contributed by atoms with Crippen molar-refractivity contribution in [2.24, 2.45) is 0 Å². The van der Waals surface area contributed by atoms with Gasteiger partial charge in [-0.3, -0.25) is 4.79 Å². The molecule has 0 spiro atoms. The number of carbonyl (C=O) groups excluding carboxylic acids is 1. The number of hydrogen-bond acceptors (Lipinski definition) is 3. The molecule has 5 heteroatoms. The first-order valence-electron chi connectivity index (χ1n) is 7.18. The molecule has 0 saturated heterocycles. The smallest absolute Gasteiger partial charge is 0.211 e. The minimum atomic E-state index is -3.15. The molecule has 0 aliphatic rings. The highest BCUT2D eigenvalue weighted by Gasteiger charge is 2.08. The molecule has 22 heavy (non-hydrogen) atoms. The maximum atomic E-state index is 12.3. The molecule has 4 nitrogen and oxygen atoms in total. The highest BCUT2D eigenvalue weighted by Crippen LogP contribution is 2.11. The molecule has 0 aliphatic heterocycles. The standard InChI is InChI=1S/C17H19NO3S/c1-2-22(20,21)18-13-12-14-8-10-16(11-9-14)17(19)15-6-4-3-5-7-15/h3-11,18H,2,12-13H2,1H3. The molecular weight excluding hydrogens is 298 g/mol. The van der Waals surface area contributed by atoms with Crippen molar-refractivity contribution in [2.75, 3.05) is 12.3 Å². The second-order valence-electron chi connectivity index (χ2n) is 4.94. The largest absolute Gasteiger partial charge is 0.289 e. The summed E-state index contributed by atoms with van der Waals surface area (Å²) in [6.07, 6.45) is 0.596. The predicted molar refractivity (Wildman–Crippen MR) is 87.5 cm³/mol. The van der Waals surface area contributed by atoms with Gasteiger partial charge in [-0.15, -0.1) is 0 Å². The molecular formula is C17H19NO3S. The Hall–Kier alpha value is -1.98. The highest BCUT2D eigenvalue weighted by molar-refractivity contribution is 7.89. The summed E-state index contributed by atoms with van der Waals surface area (Å²) in [6.45, 7) is 1.97. The van der Waals surface area contributed by atoms with Crippen molar-refractivity contribution in [3.8, 4) is 0 Å². The van der Waals surface area contributed by atoms with Crippen molar-refractivity contribution in [3.05, 3.63) is 71.3 Å². The number of ketones is 1. The summed E-state index contributed by atoms with van der Waals surface area (Å²) in [5.74, 6) is 0.0659. The van der Waals surface area contributed by atoms with E-state index in [2.05, 4.69) is 4.72 Å². The minimum absolute atomic E-state index is 0.0150. The summed E-state index contributed by atoms with van der Waals surface area (Å²) < 4.78 is 25.2. The fourth-order valence-corrected chi connectivity index (χ4v) is 2.65. The van der Waals surface area contributed by atoms with E-state index < -0.39 is 10.0 Å². The van der Waals surface area contributed by atoms with Crippen molar-refractivity contribution in [2.45, 2.75) is 13.3 Å². The molecule has 0 aliphatic carbocycles. The lowest BCUT2D eigenvalue weighted by Gasteiger charge is -2.06. The fourth-order valence-electron chi connectivity index (χ4n) is 2.03. The van der Waals surface area contributed by atoms with Crippen molar-refractivity contribution in [1.82, 2.24) is 4.72 Å². The Morgan fingerprint density at radius 3 is 2.14 bits per heavy atom. The lowest BCUT2D eigenvalue weighted by molar-refractivity contribution is 0.103. The van der Waals surface area contributed by atoms with Gasteiger partial charge in [0.2, 0.25) is 10.0 Å². The summed E-state index contributed by atoms with van der Waals surface area (Å²) in [6, 6.07) is 16.4. The maximum Gasteiger partial charge on any atom is 0.211 e. The number of rotatable bonds is 7. The molecule has 0 saturated carbocycles. The van der Waals surface area contributed by atoms with Crippen molar-refractivity contribution < 1.29 is 13.2 Å². The third-order valence-corrected chi connectivity index (χ3v) is 4.77. The van der Waals surface area contributed by atoms with Crippen LogP contribution < -0.4 is 4.72 Å². The topological polar surface area (TPSA) is 63.2 Å². The summed E-state index contributed by atoms with van der Waals surface area (Å²) in [5, 5.41) is 0. The minimum Gasteiger partial charge on any atom is -0.289 e. The van der Waals surface area contributed by atoms with Gasteiger partial charge in [0.25, 0.3) is 0 Å². The highest BCUT2D eigenvalue weighted by atomic mass is 32.2. The first-order chi connectivity index (χ1) is 10.5. The first-order valence-corrected chi connectivity index (χ1v) is 8.83. The van der Waals surface area contributed by atoms with Crippen molar-refractivity contribution in [3.63, 3.8) is 0 Å². The normalized spacial score (nSPS) is 11.3. The monoisotopic (exact) mass is 317 g/mol. The van der Waals surface area contributed by atoms with Gasteiger partial charge < -0.3 is 0 Å². The third-order valence-electron chi connectivity index (χ3n) is 3.37. The van der Waals surface area contributed by atoms with E-state index in [9.17, 15) is 13.2 Å². The summed E-state index contributed by atoms with van der Waals surface area (Å²) in [4.78, 5) is 12.3. The quantitative estimate of drug-likeness (QED) is 0.798. The van der Waals surface area contributed by atoms with Gasteiger partial charge in [0.15, 0.2) is 5.78 Å². The Morgan fingerprint density at radius 1 is 0.955 bits per heavy atom. The average Bonchev–Trinajstić information content (AvgIpc) is 2.55. The van der Waals surface area contributed by atoms with Crippen LogP contribution >= 0.6 is 0 Å². The molecule has 0 heterocycles. The number of sulfonamides is 1. The number of hydrogen-bond donors (Lipinski definition) is 1. The van der Waals surface area contributed by atoms with Gasteiger partial charge in [0, 0.05) is 17.7 Å². The van der Waals surface area contributed by atoms with Gasteiger partial charge in [0.05, 0.1) is 5.75 Å². The molecule has 0 radical (unpaired) electrons.